The summed E-state index contributed by atoms with van der Waals surface area (Å²) >= 11 is 5.75. The molecule has 0 aromatic carbocycles. The molecular weight excluding hydrogens is 120 g/mol. The maximum Gasteiger partial charge on any atom is 0.0553 e. The van der Waals surface area contributed by atoms with E-state index in [1.807, 2.05) is 6.08 Å². The highest BCUT2D eigenvalue weighted by Gasteiger charge is 1.99. The van der Waals surface area contributed by atoms with E-state index in [2.05, 4.69) is 19.1 Å². The molecule has 0 unspecified atom stereocenters. The van der Waals surface area contributed by atoms with Gasteiger partial charge in [-0.05, 0) is 13.3 Å². The maximum atomic E-state index is 5.75. The van der Waals surface area contributed by atoms with Crippen LogP contribution in [0.1, 0.15) is 13.3 Å². The largest absolute Gasteiger partial charge is 0.118 e. The molecular formula is C7H9Cl. The normalized spacial score (nSPS) is 27.8. The zero-order valence-corrected chi connectivity index (χ0v) is 5.65. The molecule has 0 aromatic heterocycles. The molecule has 0 aliphatic heterocycles. The first kappa shape index (κ1) is 5.90. The van der Waals surface area contributed by atoms with E-state index in [-0.39, 0.29) is 5.38 Å². The monoisotopic (exact) mass is 128 g/mol. The van der Waals surface area contributed by atoms with Crippen LogP contribution < -0.4 is 0 Å². The number of allylic oxidation sites excluding steroid dienone is 4. The van der Waals surface area contributed by atoms with Crippen molar-refractivity contribution in [2.24, 2.45) is 0 Å². The van der Waals surface area contributed by atoms with Crippen LogP contribution >= 0.6 is 11.6 Å². The second kappa shape index (κ2) is 2.36. The van der Waals surface area contributed by atoms with Crippen LogP contribution in [0.3, 0.4) is 0 Å². The molecule has 0 saturated heterocycles. The van der Waals surface area contributed by atoms with Gasteiger partial charge in [-0.1, -0.05) is 23.8 Å². The Labute approximate surface area is 54.8 Å². The number of hydrogen-bond acceptors (Lipinski definition) is 0. The molecule has 0 N–H and O–H groups in total. The minimum atomic E-state index is 0.235. The first-order chi connectivity index (χ1) is 3.79. The zero-order valence-electron chi connectivity index (χ0n) is 4.89. The Kier molecular flexibility index (Phi) is 1.74. The third-order valence-corrected chi connectivity index (χ3v) is 1.56. The van der Waals surface area contributed by atoms with Gasteiger partial charge < -0.3 is 0 Å². The van der Waals surface area contributed by atoms with Crippen molar-refractivity contribution in [2.75, 3.05) is 0 Å². The molecule has 8 heavy (non-hydrogen) atoms. The van der Waals surface area contributed by atoms with Gasteiger partial charge in [-0.15, -0.1) is 11.6 Å². The minimum absolute atomic E-state index is 0.235. The summed E-state index contributed by atoms with van der Waals surface area (Å²) in [4.78, 5) is 0. The molecule has 0 nitrogen and oxygen atoms in total. The van der Waals surface area contributed by atoms with E-state index in [4.69, 9.17) is 11.6 Å². The average Bonchev–Trinajstić information content (AvgIpc) is 1.77. The van der Waals surface area contributed by atoms with Gasteiger partial charge in [0.15, 0.2) is 0 Å². The molecule has 0 heterocycles. The molecule has 0 aromatic rings. The Morgan fingerprint density at radius 1 is 1.75 bits per heavy atom. The molecule has 0 spiro atoms. The van der Waals surface area contributed by atoms with Gasteiger partial charge in [-0.2, -0.15) is 0 Å². The van der Waals surface area contributed by atoms with Crippen molar-refractivity contribution in [1.29, 1.82) is 0 Å². The predicted octanol–water partition coefficient (Wildman–Crippen LogP) is 2.50. The predicted molar refractivity (Wildman–Crippen MR) is 37.2 cm³/mol. The second-order valence-electron chi connectivity index (χ2n) is 2.06. The van der Waals surface area contributed by atoms with Crippen molar-refractivity contribution < 1.29 is 0 Å². The molecule has 0 radical (unpaired) electrons. The zero-order chi connectivity index (χ0) is 5.98. The van der Waals surface area contributed by atoms with E-state index in [9.17, 15) is 0 Å². The lowest BCUT2D eigenvalue weighted by molar-refractivity contribution is 1.02. The van der Waals surface area contributed by atoms with Crippen LogP contribution in [0.5, 0.6) is 0 Å². The van der Waals surface area contributed by atoms with Crippen molar-refractivity contribution in [1.82, 2.24) is 0 Å². The Balaban J connectivity index is 2.58. The van der Waals surface area contributed by atoms with Crippen LogP contribution in [0.2, 0.25) is 0 Å². The topological polar surface area (TPSA) is 0 Å². The van der Waals surface area contributed by atoms with Crippen LogP contribution in [0, 0.1) is 0 Å². The summed E-state index contributed by atoms with van der Waals surface area (Å²) in [6, 6.07) is 0. The van der Waals surface area contributed by atoms with Gasteiger partial charge in [-0.3, -0.25) is 0 Å². The molecule has 0 amide bonds. The fraction of sp³-hybridized carbons (Fsp3) is 0.429. The second-order valence-corrected chi connectivity index (χ2v) is 2.62. The summed E-state index contributed by atoms with van der Waals surface area (Å²) in [6.45, 7) is 2.08. The molecule has 1 aliphatic carbocycles. The van der Waals surface area contributed by atoms with E-state index in [1.165, 1.54) is 5.57 Å². The molecule has 44 valence electrons. The first-order valence-electron chi connectivity index (χ1n) is 2.78. The Hall–Kier alpha value is -0.230. The fourth-order valence-electron chi connectivity index (χ4n) is 0.701. The minimum Gasteiger partial charge on any atom is -0.118 e. The van der Waals surface area contributed by atoms with Crippen molar-refractivity contribution in [3.05, 3.63) is 23.8 Å². The number of alkyl halides is 1. The van der Waals surface area contributed by atoms with E-state index < -0.39 is 0 Å². The van der Waals surface area contributed by atoms with Crippen LogP contribution in [-0.2, 0) is 0 Å². The van der Waals surface area contributed by atoms with E-state index in [0.717, 1.165) is 6.42 Å². The fourth-order valence-corrected chi connectivity index (χ4v) is 0.863. The third kappa shape index (κ3) is 1.38. The molecule has 0 bridgehead atoms. The van der Waals surface area contributed by atoms with Gasteiger partial charge in [0.1, 0.15) is 0 Å². The highest BCUT2D eigenvalue weighted by molar-refractivity contribution is 6.22. The number of hydrogen-bond donors (Lipinski definition) is 0. The van der Waals surface area contributed by atoms with E-state index >= 15 is 0 Å². The average molecular weight is 129 g/mol. The number of rotatable bonds is 0. The van der Waals surface area contributed by atoms with Crippen LogP contribution in [-0.4, -0.2) is 5.38 Å². The van der Waals surface area contributed by atoms with Gasteiger partial charge in [0.25, 0.3) is 0 Å². The molecule has 1 heteroatoms. The summed E-state index contributed by atoms with van der Waals surface area (Å²) in [6.07, 6.45) is 7.22. The van der Waals surface area contributed by atoms with Gasteiger partial charge in [0.05, 0.1) is 5.38 Å². The molecule has 1 atom stereocenters. The SMILES string of the molecule is CC1=CC[C@@H](Cl)C=C1. The first-order valence-corrected chi connectivity index (χ1v) is 3.22. The summed E-state index contributed by atoms with van der Waals surface area (Å²) < 4.78 is 0. The summed E-state index contributed by atoms with van der Waals surface area (Å²) in [5.74, 6) is 0. The van der Waals surface area contributed by atoms with Crippen molar-refractivity contribution in [3.8, 4) is 0 Å². The van der Waals surface area contributed by atoms with Gasteiger partial charge >= 0.3 is 0 Å². The quantitative estimate of drug-likeness (QED) is 0.440. The van der Waals surface area contributed by atoms with E-state index in [1.54, 1.807) is 0 Å². The van der Waals surface area contributed by atoms with E-state index in [0.29, 0.717) is 0 Å². The highest BCUT2D eigenvalue weighted by atomic mass is 35.5. The lowest BCUT2D eigenvalue weighted by atomic mass is 10.1. The molecule has 1 rings (SSSR count). The molecule has 0 saturated carbocycles. The summed E-state index contributed by atoms with van der Waals surface area (Å²) in [5.41, 5.74) is 1.32. The van der Waals surface area contributed by atoms with Crippen molar-refractivity contribution in [2.45, 2.75) is 18.7 Å². The van der Waals surface area contributed by atoms with Gasteiger partial charge in [-0.25, -0.2) is 0 Å². The lowest BCUT2D eigenvalue weighted by Gasteiger charge is -2.04. The van der Waals surface area contributed by atoms with Gasteiger partial charge in [0.2, 0.25) is 0 Å². The van der Waals surface area contributed by atoms with Crippen molar-refractivity contribution >= 4 is 11.6 Å². The highest BCUT2D eigenvalue weighted by Crippen LogP contribution is 2.13. The standard InChI is InChI=1S/C7H9Cl/c1-6-2-4-7(8)5-3-6/h2-4,7H,5H2,1H3/t7-/m0/s1. The van der Waals surface area contributed by atoms with Crippen LogP contribution in [0.25, 0.3) is 0 Å². The van der Waals surface area contributed by atoms with Crippen LogP contribution in [0.15, 0.2) is 23.8 Å². The lowest BCUT2D eigenvalue weighted by Crippen LogP contribution is -1.94. The third-order valence-electron chi connectivity index (χ3n) is 1.23. The smallest absolute Gasteiger partial charge is 0.0553 e. The van der Waals surface area contributed by atoms with Crippen molar-refractivity contribution in [3.63, 3.8) is 0 Å². The Morgan fingerprint density at radius 2 is 2.50 bits per heavy atom. The number of halogens is 1. The summed E-state index contributed by atoms with van der Waals surface area (Å²) in [7, 11) is 0. The summed E-state index contributed by atoms with van der Waals surface area (Å²) in [5, 5.41) is 0.235. The maximum absolute atomic E-state index is 5.75. The molecule has 0 fully saturated rings. The van der Waals surface area contributed by atoms with Crippen LogP contribution in [0.4, 0.5) is 0 Å². The molecule has 1 aliphatic rings. The Bertz CT molecular complexity index is 133. The van der Waals surface area contributed by atoms with Gasteiger partial charge in [0, 0.05) is 0 Å². The Morgan fingerprint density at radius 3 is 2.88 bits per heavy atom.